The molecule has 2 aromatic carbocycles. The summed E-state index contributed by atoms with van der Waals surface area (Å²) in [5.41, 5.74) is 8.49. The van der Waals surface area contributed by atoms with Gasteiger partial charge >= 0.3 is 0 Å². The van der Waals surface area contributed by atoms with Crippen LogP contribution in [0.4, 0.5) is 8.78 Å². The van der Waals surface area contributed by atoms with Gasteiger partial charge in [-0.3, -0.25) is 0 Å². The zero-order chi connectivity index (χ0) is 16.6. The lowest BCUT2D eigenvalue weighted by Crippen LogP contribution is -2.52. The molecule has 2 aromatic rings. The Morgan fingerprint density at radius 3 is 1.43 bits per heavy atom. The topological polar surface area (TPSA) is 38.0 Å². The van der Waals surface area contributed by atoms with Crippen LogP contribution in [0.1, 0.15) is 37.1 Å². The van der Waals surface area contributed by atoms with Gasteiger partial charge in [0, 0.05) is 18.1 Å². The third kappa shape index (κ3) is 3.14. The zero-order valence-corrected chi connectivity index (χ0v) is 13.3. The Morgan fingerprint density at radius 2 is 1.09 bits per heavy atom. The Hall–Kier alpha value is -1.78. The SMILES string of the molecule is CC1C(c2ccc(F)cc2)NC(c2ccc(F)cc2)C(C)C1N. The van der Waals surface area contributed by atoms with Gasteiger partial charge in [-0.1, -0.05) is 38.1 Å². The van der Waals surface area contributed by atoms with Gasteiger partial charge < -0.3 is 11.1 Å². The molecule has 0 amide bonds. The van der Waals surface area contributed by atoms with Crippen molar-refractivity contribution in [1.82, 2.24) is 5.32 Å². The van der Waals surface area contributed by atoms with Gasteiger partial charge in [0.2, 0.25) is 0 Å². The Balaban J connectivity index is 1.92. The fourth-order valence-electron chi connectivity index (χ4n) is 3.56. The highest BCUT2D eigenvalue weighted by atomic mass is 19.1. The van der Waals surface area contributed by atoms with E-state index in [2.05, 4.69) is 19.2 Å². The summed E-state index contributed by atoms with van der Waals surface area (Å²) in [5.74, 6) is -0.0609. The molecule has 0 radical (unpaired) electrons. The first-order valence-electron chi connectivity index (χ1n) is 8.00. The maximum atomic E-state index is 13.2. The number of piperidine rings is 1. The van der Waals surface area contributed by atoms with Crippen molar-refractivity contribution >= 4 is 0 Å². The van der Waals surface area contributed by atoms with Gasteiger partial charge in [-0.25, -0.2) is 8.78 Å². The van der Waals surface area contributed by atoms with Gasteiger partial charge in [-0.2, -0.15) is 0 Å². The Kier molecular flexibility index (Phi) is 4.46. The van der Waals surface area contributed by atoms with E-state index < -0.39 is 0 Å². The lowest BCUT2D eigenvalue weighted by Gasteiger charge is -2.45. The average Bonchev–Trinajstić information content (AvgIpc) is 2.55. The molecule has 4 atom stereocenters. The highest BCUT2D eigenvalue weighted by Gasteiger charge is 2.39. The molecule has 1 heterocycles. The van der Waals surface area contributed by atoms with Crippen LogP contribution in [0.3, 0.4) is 0 Å². The van der Waals surface area contributed by atoms with Gasteiger partial charge in [0.05, 0.1) is 0 Å². The third-order valence-corrected chi connectivity index (χ3v) is 5.08. The van der Waals surface area contributed by atoms with E-state index in [1.165, 1.54) is 24.3 Å². The highest BCUT2D eigenvalue weighted by molar-refractivity contribution is 5.27. The molecule has 0 spiro atoms. The van der Waals surface area contributed by atoms with E-state index in [4.69, 9.17) is 5.73 Å². The minimum Gasteiger partial charge on any atom is -0.327 e. The molecule has 1 aliphatic heterocycles. The number of nitrogens with one attached hydrogen (secondary N) is 1. The summed E-state index contributed by atoms with van der Waals surface area (Å²) >= 11 is 0. The van der Waals surface area contributed by atoms with Crippen LogP contribution in [0.25, 0.3) is 0 Å². The van der Waals surface area contributed by atoms with E-state index in [-0.39, 0.29) is 41.6 Å². The van der Waals surface area contributed by atoms with Gasteiger partial charge in [0.25, 0.3) is 0 Å². The molecule has 0 aromatic heterocycles. The molecule has 1 aliphatic rings. The summed E-state index contributed by atoms with van der Waals surface area (Å²) in [6, 6.07) is 13.2. The van der Waals surface area contributed by atoms with Crippen LogP contribution in [-0.2, 0) is 0 Å². The number of nitrogens with two attached hydrogens (primary N) is 1. The van der Waals surface area contributed by atoms with Crippen LogP contribution in [0.5, 0.6) is 0 Å². The van der Waals surface area contributed by atoms with Gasteiger partial charge in [0.1, 0.15) is 11.6 Å². The molecule has 3 N–H and O–H groups in total. The van der Waals surface area contributed by atoms with E-state index in [0.29, 0.717) is 0 Å². The van der Waals surface area contributed by atoms with E-state index in [0.717, 1.165) is 11.1 Å². The smallest absolute Gasteiger partial charge is 0.123 e. The molecular weight excluding hydrogens is 294 g/mol. The molecule has 3 rings (SSSR count). The average molecular weight is 316 g/mol. The number of rotatable bonds is 2. The van der Waals surface area contributed by atoms with Crippen LogP contribution in [0, 0.1) is 23.5 Å². The predicted octanol–water partition coefficient (Wildman–Crippen LogP) is 3.95. The molecule has 0 saturated carbocycles. The highest BCUT2D eigenvalue weighted by Crippen LogP contribution is 2.39. The van der Waals surface area contributed by atoms with Crippen LogP contribution in [0.15, 0.2) is 48.5 Å². The summed E-state index contributed by atoms with van der Waals surface area (Å²) < 4.78 is 26.4. The van der Waals surface area contributed by atoms with Gasteiger partial charge in [-0.05, 0) is 47.2 Å². The monoisotopic (exact) mass is 316 g/mol. The summed E-state index contributed by atoms with van der Waals surface area (Å²) in [6.07, 6.45) is 0. The minimum atomic E-state index is -0.245. The molecular formula is C19H22F2N2. The summed E-state index contributed by atoms with van der Waals surface area (Å²) in [7, 11) is 0. The number of hydrogen-bond donors (Lipinski definition) is 2. The maximum absolute atomic E-state index is 13.2. The summed E-state index contributed by atoms with van der Waals surface area (Å²) in [5, 5.41) is 3.63. The van der Waals surface area contributed by atoms with E-state index in [1.54, 1.807) is 24.3 Å². The standard InChI is InChI=1S/C19H22F2N2/c1-11-17(22)12(2)19(14-5-9-16(21)10-6-14)23-18(11)13-3-7-15(20)8-4-13/h3-12,17-19,23H,22H2,1-2H3. The quantitative estimate of drug-likeness (QED) is 0.880. The number of halogens is 2. The fourth-order valence-corrected chi connectivity index (χ4v) is 3.56. The second-order valence-corrected chi connectivity index (χ2v) is 6.52. The fraction of sp³-hybridized carbons (Fsp3) is 0.368. The molecule has 122 valence electrons. The Labute approximate surface area is 135 Å². The lowest BCUT2D eigenvalue weighted by molar-refractivity contribution is 0.151. The minimum absolute atomic E-state index is 0.00126. The first kappa shape index (κ1) is 16.1. The molecule has 4 unspecified atom stereocenters. The van der Waals surface area contributed by atoms with Gasteiger partial charge in [0.15, 0.2) is 0 Å². The molecule has 4 heteroatoms. The van der Waals surface area contributed by atoms with Crippen molar-refractivity contribution < 1.29 is 8.78 Å². The van der Waals surface area contributed by atoms with Crippen molar-refractivity contribution in [3.63, 3.8) is 0 Å². The van der Waals surface area contributed by atoms with Crippen molar-refractivity contribution in [3.8, 4) is 0 Å². The van der Waals surface area contributed by atoms with E-state index in [9.17, 15) is 8.78 Å². The van der Waals surface area contributed by atoms with Crippen LogP contribution in [0.2, 0.25) is 0 Å². The molecule has 1 fully saturated rings. The van der Waals surface area contributed by atoms with Crippen LogP contribution >= 0.6 is 0 Å². The maximum Gasteiger partial charge on any atom is 0.123 e. The lowest BCUT2D eigenvalue weighted by atomic mass is 9.74. The summed E-state index contributed by atoms with van der Waals surface area (Å²) in [4.78, 5) is 0. The van der Waals surface area contributed by atoms with Crippen LogP contribution < -0.4 is 11.1 Å². The van der Waals surface area contributed by atoms with E-state index >= 15 is 0 Å². The van der Waals surface area contributed by atoms with Crippen molar-refractivity contribution in [2.45, 2.75) is 32.0 Å². The first-order valence-corrected chi connectivity index (χ1v) is 8.00. The zero-order valence-electron chi connectivity index (χ0n) is 13.3. The molecule has 2 nitrogen and oxygen atoms in total. The first-order chi connectivity index (χ1) is 11.0. The summed E-state index contributed by atoms with van der Waals surface area (Å²) in [6.45, 7) is 4.23. The molecule has 1 saturated heterocycles. The predicted molar refractivity (Wildman–Crippen MR) is 87.7 cm³/mol. The Bertz CT molecular complexity index is 597. The van der Waals surface area contributed by atoms with Gasteiger partial charge in [-0.15, -0.1) is 0 Å². The van der Waals surface area contributed by atoms with E-state index in [1.807, 2.05) is 0 Å². The molecule has 23 heavy (non-hydrogen) atoms. The largest absolute Gasteiger partial charge is 0.327 e. The molecule has 0 aliphatic carbocycles. The van der Waals surface area contributed by atoms with Crippen molar-refractivity contribution in [2.75, 3.05) is 0 Å². The number of benzene rings is 2. The third-order valence-electron chi connectivity index (χ3n) is 5.08. The van der Waals surface area contributed by atoms with Crippen LogP contribution in [-0.4, -0.2) is 6.04 Å². The second kappa shape index (κ2) is 6.38. The second-order valence-electron chi connectivity index (χ2n) is 6.52. The van der Waals surface area contributed by atoms with Crippen molar-refractivity contribution in [1.29, 1.82) is 0 Å². The van der Waals surface area contributed by atoms with Crippen molar-refractivity contribution in [2.24, 2.45) is 17.6 Å². The number of hydrogen-bond acceptors (Lipinski definition) is 2. The van der Waals surface area contributed by atoms with Crippen molar-refractivity contribution in [3.05, 3.63) is 71.3 Å². The Morgan fingerprint density at radius 1 is 0.739 bits per heavy atom. The normalized spacial score (nSPS) is 31.1. The molecule has 0 bridgehead atoms.